The molecule has 16 heavy (non-hydrogen) atoms. The van der Waals surface area contributed by atoms with Crippen LogP contribution in [0.25, 0.3) is 0 Å². The average molecular weight is 241 g/mol. The van der Waals surface area contributed by atoms with Gasteiger partial charge >= 0.3 is 0 Å². The van der Waals surface area contributed by atoms with E-state index in [2.05, 4.69) is 12.2 Å². The molecule has 0 saturated heterocycles. The van der Waals surface area contributed by atoms with E-state index in [1.165, 1.54) is 0 Å². The summed E-state index contributed by atoms with van der Waals surface area (Å²) in [6.07, 6.45) is 1.68. The van der Waals surface area contributed by atoms with Crippen molar-refractivity contribution in [2.45, 2.75) is 24.8 Å². The van der Waals surface area contributed by atoms with Crippen molar-refractivity contribution in [1.29, 1.82) is 0 Å². The van der Waals surface area contributed by atoms with E-state index in [9.17, 15) is 4.21 Å². The zero-order valence-corrected chi connectivity index (χ0v) is 10.8. The number of hydrogen-bond acceptors (Lipinski definition) is 3. The molecule has 0 spiro atoms. The van der Waals surface area contributed by atoms with Gasteiger partial charge in [0.2, 0.25) is 0 Å². The Kier molecular flexibility index (Phi) is 5.49. The highest BCUT2D eigenvalue weighted by molar-refractivity contribution is 7.84. The fourth-order valence-electron chi connectivity index (χ4n) is 1.36. The Labute approximate surface area is 99.7 Å². The maximum absolute atomic E-state index is 11.2. The molecule has 0 radical (unpaired) electrons. The maximum atomic E-state index is 11.2. The van der Waals surface area contributed by atoms with Crippen LogP contribution in [0, 0.1) is 0 Å². The van der Waals surface area contributed by atoms with Gasteiger partial charge in [0.05, 0.1) is 6.61 Å². The van der Waals surface area contributed by atoms with E-state index in [0.29, 0.717) is 6.61 Å². The number of hydrogen-bond donors (Lipinski definition) is 1. The average Bonchev–Trinajstić information content (AvgIpc) is 2.27. The Hall–Kier alpha value is -0.870. The highest BCUT2D eigenvalue weighted by Gasteiger charge is 2.02. The normalized spacial score (nSPS) is 14.4. The minimum absolute atomic E-state index is 0.276. The molecular formula is C12H19NO2S. The van der Waals surface area contributed by atoms with Crippen LogP contribution in [-0.2, 0) is 15.5 Å². The van der Waals surface area contributed by atoms with E-state index in [1.807, 2.05) is 31.2 Å². The van der Waals surface area contributed by atoms with Crippen LogP contribution >= 0.6 is 0 Å². The summed E-state index contributed by atoms with van der Waals surface area (Å²) in [6.45, 7) is 5.48. The summed E-state index contributed by atoms with van der Waals surface area (Å²) in [5.41, 5.74) is 1.03. The fraction of sp³-hybridized carbons (Fsp3) is 0.500. The first-order valence-electron chi connectivity index (χ1n) is 5.41. The lowest BCUT2D eigenvalue weighted by atomic mass is 10.3. The van der Waals surface area contributed by atoms with Crippen molar-refractivity contribution in [1.82, 2.24) is 0 Å². The van der Waals surface area contributed by atoms with Crippen LogP contribution in [0.2, 0.25) is 0 Å². The second kappa shape index (κ2) is 6.66. The van der Waals surface area contributed by atoms with Crippen molar-refractivity contribution in [2.75, 3.05) is 24.8 Å². The number of anilines is 1. The molecule has 2 unspecified atom stereocenters. The van der Waals surface area contributed by atoms with Gasteiger partial charge in [-0.1, -0.05) is 0 Å². The first-order valence-corrected chi connectivity index (χ1v) is 6.97. The number of benzene rings is 1. The van der Waals surface area contributed by atoms with Crippen molar-refractivity contribution in [3.8, 4) is 0 Å². The highest BCUT2D eigenvalue weighted by atomic mass is 32.2. The van der Waals surface area contributed by atoms with Crippen LogP contribution in [0.15, 0.2) is 29.2 Å². The lowest BCUT2D eigenvalue weighted by Crippen LogP contribution is -2.21. The van der Waals surface area contributed by atoms with Crippen molar-refractivity contribution in [3.63, 3.8) is 0 Å². The van der Waals surface area contributed by atoms with Crippen molar-refractivity contribution in [3.05, 3.63) is 24.3 Å². The molecule has 0 fully saturated rings. The fourth-order valence-corrected chi connectivity index (χ4v) is 1.88. The van der Waals surface area contributed by atoms with Crippen LogP contribution in [0.1, 0.15) is 13.8 Å². The molecule has 0 heterocycles. The maximum Gasteiger partial charge on any atom is 0.0664 e. The largest absolute Gasteiger partial charge is 0.380 e. The van der Waals surface area contributed by atoms with Gasteiger partial charge in [-0.05, 0) is 38.1 Å². The molecule has 0 aromatic heterocycles. The summed E-state index contributed by atoms with van der Waals surface area (Å²) in [5.74, 6) is 0. The minimum atomic E-state index is -0.907. The Morgan fingerprint density at radius 3 is 2.50 bits per heavy atom. The van der Waals surface area contributed by atoms with Gasteiger partial charge in [0.15, 0.2) is 0 Å². The quantitative estimate of drug-likeness (QED) is 0.830. The molecule has 1 N–H and O–H groups in total. The molecule has 1 aromatic carbocycles. The van der Waals surface area contributed by atoms with Crippen LogP contribution < -0.4 is 5.32 Å². The molecule has 90 valence electrons. The van der Waals surface area contributed by atoms with E-state index in [4.69, 9.17) is 4.74 Å². The summed E-state index contributed by atoms with van der Waals surface area (Å²) in [5, 5.41) is 3.32. The third-order valence-corrected chi connectivity index (χ3v) is 3.11. The first-order chi connectivity index (χ1) is 7.63. The summed E-state index contributed by atoms with van der Waals surface area (Å²) < 4.78 is 16.5. The summed E-state index contributed by atoms with van der Waals surface area (Å²) in [4.78, 5) is 0.850. The third-order valence-electron chi connectivity index (χ3n) is 2.17. The van der Waals surface area contributed by atoms with Crippen molar-refractivity contribution < 1.29 is 8.95 Å². The summed E-state index contributed by atoms with van der Waals surface area (Å²) in [7, 11) is -0.907. The highest BCUT2D eigenvalue weighted by Crippen LogP contribution is 2.12. The molecule has 4 heteroatoms. The summed E-state index contributed by atoms with van der Waals surface area (Å²) in [6, 6.07) is 7.92. The van der Waals surface area contributed by atoms with Gasteiger partial charge in [-0.2, -0.15) is 0 Å². The van der Waals surface area contributed by atoms with Crippen LogP contribution in [-0.4, -0.2) is 29.7 Å². The lowest BCUT2D eigenvalue weighted by molar-refractivity contribution is 0.141. The van der Waals surface area contributed by atoms with Crippen LogP contribution in [0.4, 0.5) is 5.69 Å². The van der Waals surface area contributed by atoms with E-state index >= 15 is 0 Å². The van der Waals surface area contributed by atoms with E-state index in [-0.39, 0.29) is 6.04 Å². The predicted molar refractivity (Wildman–Crippen MR) is 68.4 cm³/mol. The standard InChI is InChI=1S/C12H19NO2S/c1-4-15-9-10(2)13-11-5-7-12(8-6-11)16(3)14/h5-8,10,13H,4,9H2,1-3H3. The Balaban J connectivity index is 2.51. The molecule has 3 nitrogen and oxygen atoms in total. The van der Waals surface area contributed by atoms with Crippen molar-refractivity contribution >= 4 is 16.5 Å². The van der Waals surface area contributed by atoms with Gasteiger partial charge < -0.3 is 10.1 Å². The molecule has 0 saturated carbocycles. The lowest BCUT2D eigenvalue weighted by Gasteiger charge is -2.15. The second-order valence-electron chi connectivity index (χ2n) is 3.68. The predicted octanol–water partition coefficient (Wildman–Crippen LogP) is 2.26. The smallest absolute Gasteiger partial charge is 0.0664 e. The van der Waals surface area contributed by atoms with Gasteiger partial charge in [0, 0.05) is 40.3 Å². The molecule has 0 aliphatic rings. The van der Waals surface area contributed by atoms with Gasteiger partial charge in [-0.15, -0.1) is 0 Å². The summed E-state index contributed by atoms with van der Waals surface area (Å²) >= 11 is 0. The molecule has 1 rings (SSSR count). The molecule has 1 aromatic rings. The van der Waals surface area contributed by atoms with Gasteiger partial charge in [-0.25, -0.2) is 0 Å². The van der Waals surface area contributed by atoms with Crippen LogP contribution in [0.5, 0.6) is 0 Å². The van der Waals surface area contributed by atoms with Gasteiger partial charge in [0.25, 0.3) is 0 Å². The van der Waals surface area contributed by atoms with Gasteiger partial charge in [0.1, 0.15) is 0 Å². The van der Waals surface area contributed by atoms with E-state index < -0.39 is 10.8 Å². The number of rotatable bonds is 6. The minimum Gasteiger partial charge on any atom is -0.380 e. The molecule has 0 amide bonds. The third kappa shape index (κ3) is 4.33. The Morgan fingerprint density at radius 2 is 2.00 bits per heavy atom. The monoisotopic (exact) mass is 241 g/mol. The Morgan fingerprint density at radius 1 is 1.38 bits per heavy atom. The van der Waals surface area contributed by atoms with E-state index in [0.717, 1.165) is 17.2 Å². The topological polar surface area (TPSA) is 38.3 Å². The number of ether oxygens (including phenoxy) is 1. The second-order valence-corrected chi connectivity index (χ2v) is 5.06. The number of nitrogens with one attached hydrogen (secondary N) is 1. The SMILES string of the molecule is CCOCC(C)Nc1ccc(S(C)=O)cc1. The van der Waals surface area contributed by atoms with Crippen LogP contribution in [0.3, 0.4) is 0 Å². The Bertz CT molecular complexity index is 337. The van der Waals surface area contributed by atoms with E-state index in [1.54, 1.807) is 6.26 Å². The molecule has 0 aliphatic heterocycles. The molecule has 0 bridgehead atoms. The molecule has 2 atom stereocenters. The zero-order chi connectivity index (χ0) is 12.0. The van der Waals surface area contributed by atoms with Gasteiger partial charge in [-0.3, -0.25) is 4.21 Å². The molecule has 0 aliphatic carbocycles. The first kappa shape index (κ1) is 13.2. The molecular weight excluding hydrogens is 222 g/mol. The van der Waals surface area contributed by atoms with Crippen molar-refractivity contribution in [2.24, 2.45) is 0 Å². The zero-order valence-electron chi connectivity index (χ0n) is 10.0.